The van der Waals surface area contributed by atoms with Gasteiger partial charge in [-0.1, -0.05) is 54.6 Å². The summed E-state index contributed by atoms with van der Waals surface area (Å²) in [5, 5.41) is 10.00. The van der Waals surface area contributed by atoms with Crippen molar-refractivity contribution >= 4 is 40.5 Å². The van der Waals surface area contributed by atoms with E-state index >= 15 is 0 Å². The number of aromatic nitrogens is 3. The van der Waals surface area contributed by atoms with E-state index in [-0.39, 0.29) is 0 Å². The number of nitrogens with zero attached hydrogens (tertiary/aromatic N) is 5. The number of benzene rings is 3. The Balaban J connectivity index is 1.38. The molecule has 7 nitrogen and oxygen atoms in total. The van der Waals surface area contributed by atoms with Crippen molar-refractivity contribution in [2.75, 3.05) is 28.7 Å². The van der Waals surface area contributed by atoms with Gasteiger partial charge in [-0.15, -0.1) is 0 Å². The van der Waals surface area contributed by atoms with E-state index in [1.807, 2.05) is 48.5 Å². The molecular weight excluding hydrogens is 386 g/mol. The maximum absolute atomic E-state index is 4.61. The molecule has 1 aliphatic rings. The summed E-state index contributed by atoms with van der Waals surface area (Å²) in [5.74, 6) is 1.56. The number of rotatable bonds is 6. The second-order valence-corrected chi connectivity index (χ2v) is 7.44. The summed E-state index contributed by atoms with van der Waals surface area (Å²) in [6.07, 6.45) is 4.07. The van der Waals surface area contributed by atoms with Crippen molar-refractivity contribution in [3.05, 3.63) is 78.4 Å². The summed E-state index contributed by atoms with van der Waals surface area (Å²) >= 11 is 0. The zero-order chi connectivity index (χ0) is 20.9. The molecule has 1 aliphatic heterocycles. The largest absolute Gasteiger partial charge is 0.341 e. The van der Waals surface area contributed by atoms with Crippen LogP contribution in [0.3, 0.4) is 0 Å². The van der Waals surface area contributed by atoms with Gasteiger partial charge in [-0.25, -0.2) is 5.43 Å². The maximum Gasteiger partial charge on any atom is 0.250 e. The molecule has 31 heavy (non-hydrogen) atoms. The van der Waals surface area contributed by atoms with Crippen LogP contribution < -0.4 is 15.6 Å². The molecule has 1 saturated heterocycles. The summed E-state index contributed by atoms with van der Waals surface area (Å²) < 4.78 is 0. The molecule has 2 heterocycles. The number of hydrazone groups is 1. The minimum absolute atomic E-state index is 0.410. The van der Waals surface area contributed by atoms with Gasteiger partial charge in [0.1, 0.15) is 0 Å². The minimum atomic E-state index is 0.410. The van der Waals surface area contributed by atoms with Crippen LogP contribution in [0.4, 0.5) is 23.5 Å². The van der Waals surface area contributed by atoms with Gasteiger partial charge in [0.25, 0.3) is 0 Å². The van der Waals surface area contributed by atoms with Gasteiger partial charge in [0.05, 0.1) is 6.21 Å². The fourth-order valence-electron chi connectivity index (χ4n) is 3.63. The zero-order valence-electron chi connectivity index (χ0n) is 17.1. The Hall–Kier alpha value is -4.00. The molecule has 4 aromatic rings. The highest BCUT2D eigenvalue weighted by molar-refractivity contribution is 5.90. The minimum Gasteiger partial charge on any atom is -0.341 e. The summed E-state index contributed by atoms with van der Waals surface area (Å²) in [6.45, 7) is 1.91. The van der Waals surface area contributed by atoms with Crippen LogP contribution in [-0.2, 0) is 0 Å². The molecule has 3 aromatic carbocycles. The molecule has 0 bridgehead atoms. The number of nitrogens with one attached hydrogen (secondary N) is 2. The maximum atomic E-state index is 4.61. The summed E-state index contributed by atoms with van der Waals surface area (Å²) in [6, 6.07) is 24.4. The molecule has 0 atom stereocenters. The lowest BCUT2D eigenvalue weighted by Gasteiger charge is -2.16. The van der Waals surface area contributed by atoms with Crippen LogP contribution in [0.25, 0.3) is 10.8 Å². The summed E-state index contributed by atoms with van der Waals surface area (Å²) in [7, 11) is 0. The fraction of sp³-hybridized carbons (Fsp3) is 0.167. The van der Waals surface area contributed by atoms with E-state index in [0.29, 0.717) is 17.8 Å². The predicted octanol–water partition coefficient (Wildman–Crippen LogP) is 4.81. The van der Waals surface area contributed by atoms with E-state index < -0.39 is 0 Å². The van der Waals surface area contributed by atoms with Gasteiger partial charge in [-0.2, -0.15) is 20.1 Å². The van der Waals surface area contributed by atoms with Gasteiger partial charge in [-0.3, -0.25) is 0 Å². The van der Waals surface area contributed by atoms with E-state index in [4.69, 9.17) is 0 Å². The summed E-state index contributed by atoms with van der Waals surface area (Å²) in [5.41, 5.74) is 4.90. The van der Waals surface area contributed by atoms with Crippen LogP contribution in [0.15, 0.2) is 77.9 Å². The monoisotopic (exact) mass is 409 g/mol. The second-order valence-electron chi connectivity index (χ2n) is 7.44. The molecule has 1 fully saturated rings. The number of hydrogen-bond acceptors (Lipinski definition) is 7. The zero-order valence-corrected chi connectivity index (χ0v) is 17.1. The van der Waals surface area contributed by atoms with E-state index in [2.05, 4.69) is 60.0 Å². The Morgan fingerprint density at radius 2 is 1.52 bits per heavy atom. The Labute approximate surface area is 180 Å². The molecule has 5 rings (SSSR count). The molecule has 0 radical (unpaired) electrons. The van der Waals surface area contributed by atoms with E-state index in [1.54, 1.807) is 6.21 Å². The van der Waals surface area contributed by atoms with Crippen molar-refractivity contribution in [3.63, 3.8) is 0 Å². The fourth-order valence-corrected chi connectivity index (χ4v) is 3.63. The lowest BCUT2D eigenvalue weighted by molar-refractivity contribution is 0.883. The molecule has 0 saturated carbocycles. The highest BCUT2D eigenvalue weighted by atomic mass is 15.4. The average Bonchev–Trinajstić information content (AvgIpc) is 3.35. The third kappa shape index (κ3) is 4.61. The molecule has 2 N–H and O–H groups in total. The quantitative estimate of drug-likeness (QED) is 0.351. The van der Waals surface area contributed by atoms with Crippen molar-refractivity contribution in [1.29, 1.82) is 0 Å². The first-order valence-electron chi connectivity index (χ1n) is 10.4. The van der Waals surface area contributed by atoms with Crippen molar-refractivity contribution in [1.82, 2.24) is 15.0 Å². The second kappa shape index (κ2) is 8.79. The first kappa shape index (κ1) is 19.0. The van der Waals surface area contributed by atoms with Crippen LogP contribution in [0.2, 0.25) is 0 Å². The van der Waals surface area contributed by atoms with Crippen LogP contribution >= 0.6 is 0 Å². The number of fused-ring (bicyclic) bond motifs is 1. The lowest BCUT2D eigenvalue weighted by atomic mass is 10.1. The van der Waals surface area contributed by atoms with Crippen LogP contribution in [0.1, 0.15) is 18.4 Å². The number of hydrogen-bond donors (Lipinski definition) is 2. The lowest BCUT2D eigenvalue weighted by Crippen LogP contribution is -2.21. The highest BCUT2D eigenvalue weighted by Gasteiger charge is 2.17. The average molecular weight is 409 g/mol. The van der Waals surface area contributed by atoms with Crippen molar-refractivity contribution < 1.29 is 0 Å². The first-order chi connectivity index (χ1) is 15.3. The molecular formula is C24H23N7. The van der Waals surface area contributed by atoms with E-state index in [9.17, 15) is 0 Å². The Morgan fingerprint density at radius 3 is 2.35 bits per heavy atom. The Morgan fingerprint density at radius 1 is 0.774 bits per heavy atom. The smallest absolute Gasteiger partial charge is 0.250 e. The van der Waals surface area contributed by atoms with Crippen molar-refractivity contribution in [3.8, 4) is 0 Å². The van der Waals surface area contributed by atoms with Gasteiger partial charge in [0, 0.05) is 18.8 Å². The molecule has 0 unspecified atom stereocenters. The summed E-state index contributed by atoms with van der Waals surface area (Å²) in [4.78, 5) is 15.9. The van der Waals surface area contributed by atoms with Gasteiger partial charge < -0.3 is 10.2 Å². The van der Waals surface area contributed by atoms with Gasteiger partial charge in [0.2, 0.25) is 17.8 Å². The van der Waals surface area contributed by atoms with Gasteiger partial charge in [-0.05, 0) is 47.4 Å². The third-order valence-corrected chi connectivity index (χ3v) is 5.19. The molecule has 1 aromatic heterocycles. The molecule has 0 amide bonds. The topological polar surface area (TPSA) is 78.3 Å². The van der Waals surface area contributed by atoms with Crippen LogP contribution in [-0.4, -0.2) is 34.3 Å². The molecule has 7 heteroatoms. The van der Waals surface area contributed by atoms with Gasteiger partial charge >= 0.3 is 0 Å². The Kier molecular flexibility index (Phi) is 5.38. The number of anilines is 4. The Bertz CT molecular complexity index is 1200. The van der Waals surface area contributed by atoms with Crippen LogP contribution in [0.5, 0.6) is 0 Å². The highest BCUT2D eigenvalue weighted by Crippen LogP contribution is 2.21. The van der Waals surface area contributed by atoms with Gasteiger partial charge in [0.15, 0.2) is 0 Å². The van der Waals surface area contributed by atoms with Crippen molar-refractivity contribution in [2.45, 2.75) is 12.8 Å². The van der Waals surface area contributed by atoms with Crippen molar-refractivity contribution in [2.24, 2.45) is 5.10 Å². The SMILES string of the molecule is C(=N/Nc1nc(Nc2ccccc2)nc(N2CCCC2)n1)/c1ccc2ccccc2c1. The first-order valence-corrected chi connectivity index (χ1v) is 10.4. The predicted molar refractivity (Wildman–Crippen MR) is 126 cm³/mol. The molecule has 154 valence electrons. The van der Waals surface area contributed by atoms with E-state index in [1.165, 1.54) is 10.8 Å². The number of para-hydroxylation sites is 1. The molecule has 0 aliphatic carbocycles. The standard InChI is InChI=1S/C24H23N7/c1-2-10-21(11-3-1)26-22-27-23(29-24(28-22)31-14-6-7-15-31)30-25-17-18-12-13-19-8-4-5-9-20(19)16-18/h1-5,8-13,16-17H,6-7,14-15H2,(H2,26,27,28,29,30)/b25-17-. The van der Waals surface area contributed by atoms with Crippen LogP contribution in [0, 0.1) is 0 Å². The van der Waals surface area contributed by atoms with E-state index in [0.717, 1.165) is 37.2 Å². The molecule has 0 spiro atoms. The normalized spacial score (nSPS) is 13.7. The third-order valence-electron chi connectivity index (χ3n) is 5.19.